The van der Waals surface area contributed by atoms with Crippen LogP contribution in [0, 0.1) is 0 Å². The first-order valence-electron chi connectivity index (χ1n) is 3.69. The van der Waals surface area contributed by atoms with Crippen LogP contribution in [0.4, 0.5) is 0 Å². The van der Waals surface area contributed by atoms with E-state index < -0.39 is 0 Å². The second-order valence-corrected chi connectivity index (χ2v) is 3.10. The summed E-state index contributed by atoms with van der Waals surface area (Å²) in [5.41, 5.74) is 1.17. The molecule has 11 heavy (non-hydrogen) atoms. The van der Waals surface area contributed by atoms with E-state index in [-0.39, 0.29) is 0 Å². The molecular formula is C8H9ClN2. The molecule has 0 aliphatic carbocycles. The van der Waals surface area contributed by atoms with Gasteiger partial charge in [0.05, 0.1) is 0 Å². The summed E-state index contributed by atoms with van der Waals surface area (Å²) in [6, 6.07) is 3.97. The van der Waals surface area contributed by atoms with Crippen molar-refractivity contribution in [2.45, 2.75) is 5.92 Å². The topological polar surface area (TPSA) is 24.9 Å². The maximum Gasteiger partial charge on any atom is 0.132 e. The van der Waals surface area contributed by atoms with E-state index in [2.05, 4.69) is 10.3 Å². The SMILES string of the molecule is Clc1ncccc1C1CNC1. The number of hydrogen-bond acceptors (Lipinski definition) is 2. The summed E-state index contributed by atoms with van der Waals surface area (Å²) >= 11 is 5.89. The van der Waals surface area contributed by atoms with Gasteiger partial charge in [0.25, 0.3) is 0 Å². The summed E-state index contributed by atoms with van der Waals surface area (Å²) in [6.45, 7) is 2.07. The highest BCUT2D eigenvalue weighted by molar-refractivity contribution is 6.30. The molecule has 1 aliphatic rings. The van der Waals surface area contributed by atoms with E-state index >= 15 is 0 Å². The van der Waals surface area contributed by atoms with Crippen molar-refractivity contribution in [2.24, 2.45) is 0 Å². The third-order valence-electron chi connectivity index (χ3n) is 2.01. The van der Waals surface area contributed by atoms with Gasteiger partial charge < -0.3 is 5.32 Å². The molecule has 2 nitrogen and oxygen atoms in total. The molecule has 1 aliphatic heterocycles. The summed E-state index contributed by atoms with van der Waals surface area (Å²) in [7, 11) is 0. The number of pyridine rings is 1. The van der Waals surface area contributed by atoms with E-state index in [9.17, 15) is 0 Å². The fraction of sp³-hybridized carbons (Fsp3) is 0.375. The first kappa shape index (κ1) is 7.07. The monoisotopic (exact) mass is 168 g/mol. The molecule has 1 N–H and O–H groups in total. The molecule has 0 unspecified atom stereocenters. The molecule has 0 saturated carbocycles. The van der Waals surface area contributed by atoms with E-state index in [0.29, 0.717) is 11.1 Å². The van der Waals surface area contributed by atoms with Crippen molar-refractivity contribution in [1.29, 1.82) is 0 Å². The van der Waals surface area contributed by atoms with Gasteiger partial charge in [0.2, 0.25) is 0 Å². The smallest absolute Gasteiger partial charge is 0.132 e. The molecule has 0 aromatic carbocycles. The standard InChI is InChI=1S/C8H9ClN2/c9-8-7(2-1-3-11-8)6-4-10-5-6/h1-3,6,10H,4-5H2. The van der Waals surface area contributed by atoms with Crippen LogP contribution < -0.4 is 5.32 Å². The van der Waals surface area contributed by atoms with Crippen LogP contribution in [-0.4, -0.2) is 18.1 Å². The summed E-state index contributed by atoms with van der Waals surface area (Å²) in [4.78, 5) is 4.02. The zero-order chi connectivity index (χ0) is 7.68. The minimum absolute atomic E-state index is 0.580. The Balaban J connectivity index is 2.28. The minimum Gasteiger partial charge on any atom is -0.315 e. The second-order valence-electron chi connectivity index (χ2n) is 2.74. The van der Waals surface area contributed by atoms with Crippen LogP contribution in [0.5, 0.6) is 0 Å². The first-order chi connectivity index (χ1) is 5.38. The zero-order valence-corrected chi connectivity index (χ0v) is 6.80. The van der Waals surface area contributed by atoms with Crippen molar-refractivity contribution in [1.82, 2.24) is 10.3 Å². The van der Waals surface area contributed by atoms with Crippen molar-refractivity contribution in [3.05, 3.63) is 29.0 Å². The first-order valence-corrected chi connectivity index (χ1v) is 4.07. The fourth-order valence-corrected chi connectivity index (χ4v) is 1.49. The van der Waals surface area contributed by atoms with Gasteiger partial charge in [-0.2, -0.15) is 0 Å². The van der Waals surface area contributed by atoms with Gasteiger partial charge in [-0.1, -0.05) is 17.7 Å². The maximum atomic E-state index is 5.89. The third-order valence-corrected chi connectivity index (χ3v) is 2.33. The van der Waals surface area contributed by atoms with Crippen molar-refractivity contribution < 1.29 is 0 Å². The van der Waals surface area contributed by atoms with Crippen molar-refractivity contribution in [3.63, 3.8) is 0 Å². The van der Waals surface area contributed by atoms with E-state index in [4.69, 9.17) is 11.6 Å². The number of hydrogen-bond donors (Lipinski definition) is 1. The van der Waals surface area contributed by atoms with Gasteiger partial charge in [-0.3, -0.25) is 0 Å². The molecule has 1 aromatic rings. The van der Waals surface area contributed by atoms with Gasteiger partial charge in [-0.05, 0) is 11.6 Å². The molecule has 1 fully saturated rings. The van der Waals surface area contributed by atoms with E-state index in [1.165, 1.54) is 5.56 Å². The van der Waals surface area contributed by atoms with Crippen molar-refractivity contribution >= 4 is 11.6 Å². The van der Waals surface area contributed by atoms with Crippen LogP contribution in [0.15, 0.2) is 18.3 Å². The summed E-state index contributed by atoms with van der Waals surface area (Å²) in [5, 5.41) is 3.85. The Morgan fingerprint density at radius 3 is 2.91 bits per heavy atom. The molecule has 0 amide bonds. The Bertz CT molecular complexity index is 258. The molecule has 58 valence electrons. The zero-order valence-electron chi connectivity index (χ0n) is 6.05. The molecule has 0 atom stereocenters. The second kappa shape index (κ2) is 2.80. The van der Waals surface area contributed by atoms with Crippen molar-refractivity contribution in [2.75, 3.05) is 13.1 Å². The highest BCUT2D eigenvalue weighted by Gasteiger charge is 2.20. The predicted octanol–water partition coefficient (Wildman–Crippen LogP) is 1.42. The normalized spacial score (nSPS) is 17.9. The molecule has 1 aromatic heterocycles. The molecule has 0 bridgehead atoms. The third kappa shape index (κ3) is 1.24. The Morgan fingerprint density at radius 2 is 2.36 bits per heavy atom. The molecular weight excluding hydrogens is 160 g/mol. The molecule has 2 heterocycles. The number of nitrogens with one attached hydrogen (secondary N) is 1. The summed E-state index contributed by atoms with van der Waals surface area (Å²) in [6.07, 6.45) is 1.72. The van der Waals surface area contributed by atoms with E-state index in [1.54, 1.807) is 6.20 Å². The highest BCUT2D eigenvalue weighted by Crippen LogP contribution is 2.24. The largest absolute Gasteiger partial charge is 0.315 e. The quantitative estimate of drug-likeness (QED) is 0.642. The lowest BCUT2D eigenvalue weighted by Gasteiger charge is -2.27. The van der Waals surface area contributed by atoms with Crippen LogP contribution in [0.2, 0.25) is 5.15 Å². The summed E-state index contributed by atoms with van der Waals surface area (Å²) < 4.78 is 0. The number of rotatable bonds is 1. The van der Waals surface area contributed by atoms with Crippen LogP contribution >= 0.6 is 11.6 Å². The van der Waals surface area contributed by atoms with Crippen molar-refractivity contribution in [3.8, 4) is 0 Å². The summed E-state index contributed by atoms with van der Waals surface area (Å²) in [5.74, 6) is 0.580. The Labute approximate surface area is 70.6 Å². The lowest BCUT2D eigenvalue weighted by Crippen LogP contribution is -2.40. The Kier molecular flexibility index (Phi) is 1.80. The van der Waals surface area contributed by atoms with Crippen LogP contribution in [0.3, 0.4) is 0 Å². The van der Waals surface area contributed by atoms with Gasteiger partial charge in [-0.15, -0.1) is 0 Å². The average Bonchev–Trinajstić information content (AvgIpc) is 1.90. The van der Waals surface area contributed by atoms with Gasteiger partial charge in [-0.25, -0.2) is 4.98 Å². The maximum absolute atomic E-state index is 5.89. The minimum atomic E-state index is 0.580. The molecule has 3 heteroatoms. The number of nitrogens with zero attached hydrogens (tertiary/aromatic N) is 1. The van der Waals surface area contributed by atoms with Gasteiger partial charge in [0, 0.05) is 25.2 Å². The van der Waals surface area contributed by atoms with Gasteiger partial charge in [0.15, 0.2) is 0 Å². The highest BCUT2D eigenvalue weighted by atomic mass is 35.5. The lowest BCUT2D eigenvalue weighted by molar-refractivity contribution is 0.447. The Hall–Kier alpha value is -0.600. The average molecular weight is 169 g/mol. The van der Waals surface area contributed by atoms with Gasteiger partial charge >= 0.3 is 0 Å². The van der Waals surface area contributed by atoms with E-state index in [1.807, 2.05) is 12.1 Å². The predicted molar refractivity (Wildman–Crippen MR) is 44.9 cm³/mol. The molecule has 0 radical (unpaired) electrons. The van der Waals surface area contributed by atoms with E-state index in [0.717, 1.165) is 13.1 Å². The Morgan fingerprint density at radius 1 is 1.55 bits per heavy atom. The molecule has 1 saturated heterocycles. The molecule has 2 rings (SSSR count). The fourth-order valence-electron chi connectivity index (χ4n) is 1.21. The molecule has 0 spiro atoms. The van der Waals surface area contributed by atoms with Crippen LogP contribution in [-0.2, 0) is 0 Å². The van der Waals surface area contributed by atoms with Crippen LogP contribution in [0.25, 0.3) is 0 Å². The van der Waals surface area contributed by atoms with Gasteiger partial charge in [0.1, 0.15) is 5.15 Å². The number of aromatic nitrogens is 1. The number of halogens is 1. The van der Waals surface area contributed by atoms with Crippen LogP contribution in [0.1, 0.15) is 11.5 Å². The lowest BCUT2D eigenvalue weighted by atomic mass is 9.95.